The zero-order valence-corrected chi connectivity index (χ0v) is 17.9. The van der Waals surface area contributed by atoms with Gasteiger partial charge in [0, 0.05) is 39.1 Å². The normalized spacial score (nSPS) is 15.4. The third-order valence-corrected chi connectivity index (χ3v) is 7.01. The van der Waals surface area contributed by atoms with Crippen molar-refractivity contribution in [2.45, 2.75) is 24.3 Å². The predicted octanol–water partition coefficient (Wildman–Crippen LogP) is 1.82. The van der Waals surface area contributed by atoms with E-state index in [1.54, 1.807) is 25.2 Å². The SMILES string of the molecule is CN(Cc1cccc(F)c1)C(=O)COC(=O)C1CCN(S(=O)(=O)c2cccnc2)CC1. The molecular formula is C21H24FN3O5S. The van der Waals surface area contributed by atoms with Crippen LogP contribution in [0.4, 0.5) is 4.39 Å². The van der Waals surface area contributed by atoms with E-state index in [1.165, 1.54) is 39.8 Å². The van der Waals surface area contributed by atoms with Gasteiger partial charge in [-0.05, 0) is 42.7 Å². The summed E-state index contributed by atoms with van der Waals surface area (Å²) in [6.45, 7) is 0.145. The van der Waals surface area contributed by atoms with Crippen LogP contribution in [0.2, 0.25) is 0 Å². The van der Waals surface area contributed by atoms with Gasteiger partial charge in [-0.15, -0.1) is 0 Å². The number of halogens is 1. The van der Waals surface area contributed by atoms with Crippen LogP contribution in [0.5, 0.6) is 0 Å². The van der Waals surface area contributed by atoms with E-state index in [4.69, 9.17) is 4.74 Å². The fraction of sp³-hybridized carbons (Fsp3) is 0.381. The molecule has 1 aliphatic rings. The molecule has 1 fully saturated rings. The maximum atomic E-state index is 13.3. The first kappa shape index (κ1) is 22.8. The van der Waals surface area contributed by atoms with E-state index in [1.807, 2.05) is 0 Å². The Hall–Kier alpha value is -2.85. The van der Waals surface area contributed by atoms with Gasteiger partial charge in [-0.25, -0.2) is 12.8 Å². The Morgan fingerprint density at radius 3 is 2.61 bits per heavy atom. The van der Waals surface area contributed by atoms with Crippen molar-refractivity contribution in [3.63, 3.8) is 0 Å². The van der Waals surface area contributed by atoms with Crippen LogP contribution >= 0.6 is 0 Å². The minimum atomic E-state index is -3.65. The van der Waals surface area contributed by atoms with Gasteiger partial charge in [0.2, 0.25) is 10.0 Å². The molecular weight excluding hydrogens is 425 g/mol. The Labute approximate surface area is 180 Å². The summed E-state index contributed by atoms with van der Waals surface area (Å²) in [4.78, 5) is 29.9. The highest BCUT2D eigenvalue weighted by atomic mass is 32.2. The van der Waals surface area contributed by atoms with Crippen molar-refractivity contribution in [3.8, 4) is 0 Å². The second-order valence-electron chi connectivity index (χ2n) is 7.35. The Kier molecular flexibility index (Phi) is 7.34. The van der Waals surface area contributed by atoms with Crippen LogP contribution < -0.4 is 0 Å². The van der Waals surface area contributed by atoms with Crippen molar-refractivity contribution < 1.29 is 27.1 Å². The highest BCUT2D eigenvalue weighted by Crippen LogP contribution is 2.24. The monoisotopic (exact) mass is 449 g/mol. The number of aromatic nitrogens is 1. The molecule has 0 aliphatic carbocycles. The van der Waals surface area contributed by atoms with Gasteiger partial charge in [-0.3, -0.25) is 14.6 Å². The van der Waals surface area contributed by atoms with Gasteiger partial charge in [-0.1, -0.05) is 12.1 Å². The number of carbonyl (C=O) groups is 2. The Balaban J connectivity index is 1.46. The van der Waals surface area contributed by atoms with Gasteiger partial charge >= 0.3 is 5.97 Å². The molecule has 1 amide bonds. The first-order valence-corrected chi connectivity index (χ1v) is 11.3. The molecule has 0 radical (unpaired) electrons. The minimum Gasteiger partial charge on any atom is -0.455 e. The Morgan fingerprint density at radius 2 is 1.97 bits per heavy atom. The number of pyridine rings is 1. The molecule has 10 heteroatoms. The van der Waals surface area contributed by atoms with Gasteiger partial charge in [0.05, 0.1) is 5.92 Å². The van der Waals surface area contributed by atoms with E-state index in [9.17, 15) is 22.4 Å². The number of carbonyl (C=O) groups excluding carboxylic acids is 2. The molecule has 1 saturated heterocycles. The molecule has 0 N–H and O–H groups in total. The van der Waals surface area contributed by atoms with Crippen molar-refractivity contribution in [1.29, 1.82) is 0 Å². The van der Waals surface area contributed by atoms with Gasteiger partial charge in [-0.2, -0.15) is 4.31 Å². The van der Waals surface area contributed by atoms with Crippen molar-refractivity contribution >= 4 is 21.9 Å². The summed E-state index contributed by atoms with van der Waals surface area (Å²) in [5.41, 5.74) is 0.629. The van der Waals surface area contributed by atoms with Crippen LogP contribution in [-0.2, 0) is 30.9 Å². The zero-order valence-electron chi connectivity index (χ0n) is 17.1. The van der Waals surface area contributed by atoms with Gasteiger partial charge < -0.3 is 9.64 Å². The van der Waals surface area contributed by atoms with Crippen molar-refractivity contribution in [3.05, 3.63) is 60.2 Å². The smallest absolute Gasteiger partial charge is 0.309 e. The molecule has 166 valence electrons. The number of benzene rings is 1. The van der Waals surface area contributed by atoms with Crippen LogP contribution in [0.3, 0.4) is 0 Å². The summed E-state index contributed by atoms with van der Waals surface area (Å²) in [5.74, 6) is -1.79. The third kappa shape index (κ3) is 5.86. The molecule has 8 nitrogen and oxygen atoms in total. The standard InChI is InChI=1S/C21H24FN3O5S/c1-24(14-16-4-2-5-18(22)12-16)20(26)15-30-21(27)17-7-10-25(11-8-17)31(28,29)19-6-3-9-23-13-19/h2-6,9,12-13,17H,7-8,10-11,14-15H2,1H3. The highest BCUT2D eigenvalue weighted by Gasteiger charge is 2.33. The second-order valence-corrected chi connectivity index (χ2v) is 9.29. The average Bonchev–Trinajstić information content (AvgIpc) is 2.78. The molecule has 2 heterocycles. The number of esters is 1. The number of amides is 1. The first-order valence-electron chi connectivity index (χ1n) is 9.82. The maximum absolute atomic E-state index is 13.3. The number of hydrogen-bond donors (Lipinski definition) is 0. The molecule has 3 rings (SSSR count). The van der Waals surface area contributed by atoms with Crippen molar-refractivity contribution in [2.75, 3.05) is 26.7 Å². The fourth-order valence-corrected chi connectivity index (χ4v) is 4.77. The van der Waals surface area contributed by atoms with Gasteiger partial charge in [0.1, 0.15) is 10.7 Å². The molecule has 1 aromatic heterocycles. The number of piperidine rings is 1. The van der Waals surface area contributed by atoms with E-state index in [-0.39, 0.29) is 30.3 Å². The lowest BCUT2D eigenvalue weighted by molar-refractivity contribution is -0.156. The van der Waals surface area contributed by atoms with E-state index in [0.717, 1.165) is 0 Å². The number of nitrogens with zero attached hydrogens (tertiary/aromatic N) is 3. The van der Waals surface area contributed by atoms with Crippen LogP contribution in [0.1, 0.15) is 18.4 Å². The first-order chi connectivity index (χ1) is 14.8. The van der Waals surface area contributed by atoms with Crippen LogP contribution in [0.25, 0.3) is 0 Å². The number of sulfonamides is 1. The summed E-state index contributed by atoms with van der Waals surface area (Å²) in [6, 6.07) is 8.95. The molecule has 2 aromatic rings. The average molecular weight is 450 g/mol. The Morgan fingerprint density at radius 1 is 1.23 bits per heavy atom. The molecule has 0 saturated carbocycles. The maximum Gasteiger partial charge on any atom is 0.309 e. The van der Waals surface area contributed by atoms with Gasteiger partial charge in [0.15, 0.2) is 6.61 Å². The molecule has 0 atom stereocenters. The van der Waals surface area contributed by atoms with Crippen molar-refractivity contribution in [1.82, 2.24) is 14.2 Å². The second kappa shape index (κ2) is 9.97. The van der Waals surface area contributed by atoms with E-state index in [2.05, 4.69) is 4.98 Å². The number of ether oxygens (including phenoxy) is 1. The summed E-state index contributed by atoms with van der Waals surface area (Å²) in [5, 5.41) is 0. The zero-order chi connectivity index (χ0) is 22.4. The summed E-state index contributed by atoms with van der Waals surface area (Å²) >= 11 is 0. The van der Waals surface area contributed by atoms with E-state index >= 15 is 0 Å². The lowest BCUT2D eigenvalue weighted by Gasteiger charge is -2.30. The lowest BCUT2D eigenvalue weighted by atomic mass is 9.98. The molecule has 1 aliphatic heterocycles. The number of rotatable bonds is 7. The van der Waals surface area contributed by atoms with E-state index in [0.29, 0.717) is 18.4 Å². The third-order valence-electron chi connectivity index (χ3n) is 5.13. The highest BCUT2D eigenvalue weighted by molar-refractivity contribution is 7.89. The van der Waals surface area contributed by atoms with Crippen LogP contribution in [-0.4, -0.2) is 61.2 Å². The number of hydrogen-bond acceptors (Lipinski definition) is 6. The minimum absolute atomic E-state index is 0.114. The van der Waals surface area contributed by atoms with Crippen LogP contribution in [0.15, 0.2) is 53.7 Å². The summed E-state index contributed by atoms with van der Waals surface area (Å²) < 4.78 is 45.0. The molecule has 0 spiro atoms. The van der Waals surface area contributed by atoms with Crippen LogP contribution in [0, 0.1) is 11.7 Å². The predicted molar refractivity (Wildman–Crippen MR) is 110 cm³/mol. The largest absolute Gasteiger partial charge is 0.455 e. The number of likely N-dealkylation sites (N-methyl/N-ethyl adjacent to an activating group) is 1. The topological polar surface area (TPSA) is 96.9 Å². The summed E-state index contributed by atoms with van der Waals surface area (Å²) in [7, 11) is -2.11. The Bertz CT molecular complexity index is 1020. The fourth-order valence-electron chi connectivity index (χ4n) is 3.34. The van der Waals surface area contributed by atoms with Crippen molar-refractivity contribution in [2.24, 2.45) is 5.92 Å². The summed E-state index contributed by atoms with van der Waals surface area (Å²) in [6.07, 6.45) is 3.41. The quantitative estimate of drug-likeness (QED) is 0.599. The van der Waals surface area contributed by atoms with E-state index < -0.39 is 34.4 Å². The molecule has 0 unspecified atom stereocenters. The molecule has 31 heavy (non-hydrogen) atoms. The molecule has 0 bridgehead atoms. The van der Waals surface area contributed by atoms with Gasteiger partial charge in [0.25, 0.3) is 5.91 Å². The lowest BCUT2D eigenvalue weighted by Crippen LogP contribution is -2.41. The molecule has 1 aromatic carbocycles.